The Balaban J connectivity index is 2.92. The summed E-state index contributed by atoms with van der Waals surface area (Å²) in [4.78, 5) is 36.9. The average Bonchev–Trinajstić information content (AvgIpc) is 2.77. The Labute approximate surface area is 218 Å². The van der Waals surface area contributed by atoms with Gasteiger partial charge in [-0.1, -0.05) is 52.0 Å². The Bertz CT molecular complexity index is 856. The first-order valence-electron chi connectivity index (χ1n) is 12.7. The van der Waals surface area contributed by atoms with Crippen LogP contribution in [0.3, 0.4) is 0 Å². The van der Waals surface area contributed by atoms with Crippen LogP contribution in [0.4, 0.5) is 4.79 Å². The molecule has 0 aromatic heterocycles. The van der Waals surface area contributed by atoms with E-state index < -0.39 is 44.0 Å². The van der Waals surface area contributed by atoms with E-state index in [9.17, 15) is 14.4 Å². The molecule has 0 fully saturated rings. The number of amides is 2. The fourth-order valence-corrected chi connectivity index (χ4v) is 9.17. The third-order valence-corrected chi connectivity index (χ3v) is 11.7. The van der Waals surface area contributed by atoms with Crippen LogP contribution in [0.1, 0.15) is 73.8 Å². The summed E-state index contributed by atoms with van der Waals surface area (Å²) in [5.74, 6) is -1.02. The second-order valence-electron chi connectivity index (χ2n) is 10.8. The van der Waals surface area contributed by atoms with Crippen LogP contribution in [0.15, 0.2) is 24.3 Å². The van der Waals surface area contributed by atoms with Crippen molar-refractivity contribution in [2.24, 2.45) is 0 Å². The lowest BCUT2D eigenvalue weighted by atomic mass is 10.0. The van der Waals surface area contributed by atoms with Gasteiger partial charge in [-0.3, -0.25) is 4.79 Å². The van der Waals surface area contributed by atoms with Gasteiger partial charge in [0.2, 0.25) is 14.2 Å². The Morgan fingerprint density at radius 3 is 1.92 bits per heavy atom. The molecule has 36 heavy (non-hydrogen) atoms. The summed E-state index contributed by atoms with van der Waals surface area (Å²) in [7, 11) is 0.976. The van der Waals surface area contributed by atoms with Gasteiger partial charge in [0.25, 0.3) is 0 Å². The molecule has 2 atom stereocenters. The third-order valence-electron chi connectivity index (χ3n) is 6.34. The molecule has 0 heterocycles. The molecule has 1 aromatic carbocycles. The maximum atomic E-state index is 12.8. The van der Waals surface area contributed by atoms with E-state index in [1.54, 1.807) is 20.8 Å². The molecule has 1 aromatic rings. The van der Waals surface area contributed by atoms with Gasteiger partial charge in [0.1, 0.15) is 17.7 Å². The zero-order valence-electron chi connectivity index (χ0n) is 23.7. The summed E-state index contributed by atoms with van der Waals surface area (Å²) in [5.41, 5.74) is 1.33. The molecule has 204 valence electrons. The fourth-order valence-electron chi connectivity index (χ4n) is 4.63. The molecule has 8 nitrogen and oxygen atoms in total. The topological polar surface area (TPSA) is 103 Å². The summed E-state index contributed by atoms with van der Waals surface area (Å²) in [6.07, 6.45) is 1.09. The zero-order valence-corrected chi connectivity index (χ0v) is 24.7. The standard InChI is InChI=1S/C27H46N2O6Si/c1-18(2)36(34-10,19(3)4)22-16-14-21(15-17-22)12-11-13-23(29-26(32)35-27(6,7)8)24(30)28-20(5)25(31)33-9/h14-20,23H,11-13H2,1-10H3,(H,28,30)(H,29,32)/t20-,23-/m0/s1. The molecule has 2 amide bonds. The summed E-state index contributed by atoms with van der Waals surface area (Å²) in [6, 6.07) is 6.91. The number of rotatable bonds is 12. The number of esters is 1. The van der Waals surface area contributed by atoms with Gasteiger partial charge in [0.15, 0.2) is 0 Å². The fraction of sp³-hybridized carbons (Fsp3) is 0.667. The highest BCUT2D eigenvalue weighted by atomic mass is 28.4. The molecule has 0 saturated carbocycles. The van der Waals surface area contributed by atoms with Crippen LogP contribution in [0.25, 0.3) is 0 Å². The number of nitrogens with one attached hydrogen (secondary N) is 2. The predicted molar refractivity (Wildman–Crippen MR) is 145 cm³/mol. The highest BCUT2D eigenvalue weighted by molar-refractivity contribution is 6.88. The van der Waals surface area contributed by atoms with E-state index in [-0.39, 0.29) is 0 Å². The van der Waals surface area contributed by atoms with Gasteiger partial charge in [-0.15, -0.1) is 0 Å². The van der Waals surface area contributed by atoms with E-state index in [1.807, 2.05) is 7.11 Å². The van der Waals surface area contributed by atoms with Gasteiger partial charge in [-0.05, 0) is 68.8 Å². The monoisotopic (exact) mass is 522 g/mol. The first kappa shape index (κ1) is 31.6. The molecule has 2 N–H and O–H groups in total. The molecule has 0 unspecified atom stereocenters. The van der Waals surface area contributed by atoms with Crippen LogP contribution >= 0.6 is 0 Å². The van der Waals surface area contributed by atoms with Crippen molar-refractivity contribution in [2.45, 2.75) is 103 Å². The van der Waals surface area contributed by atoms with Crippen molar-refractivity contribution in [1.82, 2.24) is 10.6 Å². The van der Waals surface area contributed by atoms with Crippen LogP contribution < -0.4 is 15.8 Å². The maximum Gasteiger partial charge on any atom is 0.408 e. The number of ether oxygens (including phenoxy) is 2. The molecule has 0 spiro atoms. The molecule has 9 heteroatoms. The minimum absolute atomic E-state index is 0.384. The van der Waals surface area contributed by atoms with E-state index in [1.165, 1.54) is 19.2 Å². The van der Waals surface area contributed by atoms with Gasteiger partial charge in [0.05, 0.1) is 7.11 Å². The Kier molecular flexibility index (Phi) is 12.1. The van der Waals surface area contributed by atoms with Crippen molar-refractivity contribution in [3.05, 3.63) is 29.8 Å². The number of methoxy groups -OCH3 is 1. The highest BCUT2D eigenvalue weighted by Crippen LogP contribution is 2.32. The van der Waals surface area contributed by atoms with Gasteiger partial charge in [-0.2, -0.15) is 0 Å². The first-order chi connectivity index (χ1) is 16.7. The van der Waals surface area contributed by atoms with E-state index in [0.717, 1.165) is 12.0 Å². The summed E-state index contributed by atoms with van der Waals surface area (Å²) in [6.45, 7) is 15.7. The summed E-state index contributed by atoms with van der Waals surface area (Å²) >= 11 is 0. The molecule has 1 rings (SSSR count). The predicted octanol–water partition coefficient (Wildman–Crippen LogP) is 4.20. The molecular formula is C27H46N2O6Si. The van der Waals surface area contributed by atoms with Crippen molar-refractivity contribution in [2.75, 3.05) is 14.2 Å². The molecule has 0 radical (unpaired) electrons. The lowest BCUT2D eigenvalue weighted by molar-refractivity contribution is -0.144. The van der Waals surface area contributed by atoms with Crippen LogP contribution in [0.2, 0.25) is 11.1 Å². The smallest absolute Gasteiger partial charge is 0.408 e. The second-order valence-corrected chi connectivity index (χ2v) is 15.7. The van der Waals surface area contributed by atoms with Crippen molar-refractivity contribution in [3.63, 3.8) is 0 Å². The largest absolute Gasteiger partial charge is 0.467 e. The van der Waals surface area contributed by atoms with Gasteiger partial charge >= 0.3 is 12.1 Å². The molecule has 0 aliphatic carbocycles. The minimum atomic E-state index is -2.11. The molecule has 0 aliphatic heterocycles. The van der Waals surface area contributed by atoms with E-state index >= 15 is 0 Å². The average molecular weight is 523 g/mol. The van der Waals surface area contributed by atoms with Gasteiger partial charge in [0, 0.05) is 7.11 Å². The third kappa shape index (κ3) is 8.92. The van der Waals surface area contributed by atoms with Crippen molar-refractivity contribution in [1.29, 1.82) is 0 Å². The zero-order chi connectivity index (χ0) is 27.7. The lowest BCUT2D eigenvalue weighted by Gasteiger charge is -2.37. The first-order valence-corrected chi connectivity index (χ1v) is 14.8. The number of alkyl carbamates (subject to hydrolysis) is 1. The minimum Gasteiger partial charge on any atom is -0.467 e. The second kappa shape index (κ2) is 13.8. The number of carbonyl (C=O) groups is 3. The van der Waals surface area contributed by atoms with Crippen LogP contribution in [0.5, 0.6) is 0 Å². The number of hydrogen-bond donors (Lipinski definition) is 2. The SMILES string of the molecule is COC(=O)[C@H](C)NC(=O)[C@H](CCCc1ccc([Si](OC)(C(C)C)C(C)C)cc1)NC(=O)OC(C)(C)C. The van der Waals surface area contributed by atoms with Gasteiger partial charge < -0.3 is 24.5 Å². The summed E-state index contributed by atoms with van der Waals surface area (Å²) in [5, 5.41) is 6.53. The molecule has 0 bridgehead atoms. The van der Waals surface area contributed by atoms with Gasteiger partial charge in [-0.25, -0.2) is 9.59 Å². The van der Waals surface area contributed by atoms with Crippen molar-refractivity contribution < 1.29 is 28.3 Å². The van der Waals surface area contributed by atoms with E-state index in [0.29, 0.717) is 23.9 Å². The Morgan fingerprint density at radius 2 is 1.47 bits per heavy atom. The number of carbonyl (C=O) groups excluding carboxylic acids is 3. The van der Waals surface area contributed by atoms with Crippen molar-refractivity contribution in [3.8, 4) is 0 Å². The van der Waals surface area contributed by atoms with Crippen molar-refractivity contribution >= 4 is 31.5 Å². The van der Waals surface area contributed by atoms with Crippen LogP contribution in [0, 0.1) is 0 Å². The quantitative estimate of drug-likeness (QED) is 0.315. The maximum absolute atomic E-state index is 12.8. The molecule has 0 aliphatic rings. The number of aryl methyl sites for hydroxylation is 1. The lowest BCUT2D eigenvalue weighted by Crippen LogP contribution is -2.55. The van der Waals surface area contributed by atoms with Crippen LogP contribution in [-0.2, 0) is 29.9 Å². The Morgan fingerprint density at radius 1 is 0.917 bits per heavy atom. The molecule has 0 saturated heterocycles. The highest BCUT2D eigenvalue weighted by Gasteiger charge is 2.43. The summed E-state index contributed by atoms with van der Waals surface area (Å²) < 4.78 is 16.2. The normalized spacial score (nSPS) is 13.8. The number of benzene rings is 1. The number of hydrogen-bond acceptors (Lipinski definition) is 6. The van der Waals surface area contributed by atoms with Crippen LogP contribution in [-0.4, -0.2) is 58.2 Å². The Hall–Kier alpha value is -2.39. The molecular weight excluding hydrogens is 476 g/mol. The van der Waals surface area contributed by atoms with E-state index in [2.05, 4.69) is 67.3 Å². The van der Waals surface area contributed by atoms with E-state index in [4.69, 9.17) is 9.16 Å².